The van der Waals surface area contributed by atoms with Gasteiger partial charge in [-0.2, -0.15) is 0 Å². The van der Waals surface area contributed by atoms with Crippen molar-refractivity contribution >= 4 is 17.4 Å². The highest BCUT2D eigenvalue weighted by Gasteiger charge is 2.40. The summed E-state index contributed by atoms with van der Waals surface area (Å²) in [7, 11) is 0. The van der Waals surface area contributed by atoms with E-state index in [2.05, 4.69) is 0 Å². The van der Waals surface area contributed by atoms with E-state index in [0.29, 0.717) is 18.4 Å². The van der Waals surface area contributed by atoms with Crippen LogP contribution in [-0.4, -0.2) is 11.7 Å². The molecule has 0 saturated heterocycles. The second-order valence-corrected chi connectivity index (χ2v) is 5.26. The number of carbonyl (C=O) groups is 1. The van der Waals surface area contributed by atoms with Crippen LogP contribution in [0.1, 0.15) is 36.6 Å². The topological polar surface area (TPSA) is 17.1 Å². The summed E-state index contributed by atoms with van der Waals surface area (Å²) in [5.74, 6) is -3.61. The van der Waals surface area contributed by atoms with Crippen molar-refractivity contribution in [2.24, 2.45) is 5.92 Å². The molecule has 1 aliphatic rings. The molecule has 18 heavy (non-hydrogen) atoms. The van der Waals surface area contributed by atoms with Crippen molar-refractivity contribution in [3.05, 3.63) is 35.9 Å². The molecule has 1 nitrogen and oxygen atoms in total. The lowest BCUT2D eigenvalue weighted by Gasteiger charge is -2.29. The molecule has 98 valence electrons. The smallest absolute Gasteiger partial charge is 0.248 e. The lowest BCUT2D eigenvalue weighted by Crippen LogP contribution is -2.32. The van der Waals surface area contributed by atoms with E-state index in [-0.39, 0.29) is 18.6 Å². The van der Waals surface area contributed by atoms with Crippen LogP contribution in [0.2, 0.25) is 0 Å². The maximum atomic E-state index is 13.3. The number of rotatable bonds is 3. The summed E-state index contributed by atoms with van der Waals surface area (Å²) in [5, 5.41) is -0.815. The summed E-state index contributed by atoms with van der Waals surface area (Å²) < 4.78 is 26.6. The van der Waals surface area contributed by atoms with Gasteiger partial charge in [0.1, 0.15) is 5.38 Å². The quantitative estimate of drug-likeness (QED) is 0.747. The van der Waals surface area contributed by atoms with E-state index in [1.54, 1.807) is 24.3 Å². The zero-order chi connectivity index (χ0) is 13.2. The molecule has 0 aliphatic heterocycles. The molecule has 0 amide bonds. The third kappa shape index (κ3) is 3.08. The molecule has 0 bridgehead atoms. The predicted octanol–water partition coefficient (Wildman–Crippen LogP) is 4.36. The Labute approximate surface area is 110 Å². The minimum atomic E-state index is -2.72. The van der Waals surface area contributed by atoms with Crippen LogP contribution in [0, 0.1) is 5.92 Å². The molecule has 1 aliphatic carbocycles. The Hall–Kier alpha value is -0.960. The summed E-state index contributed by atoms with van der Waals surface area (Å²) >= 11 is 6.09. The van der Waals surface area contributed by atoms with Crippen molar-refractivity contribution in [1.82, 2.24) is 0 Å². The van der Waals surface area contributed by atoms with Gasteiger partial charge in [-0.1, -0.05) is 30.3 Å². The van der Waals surface area contributed by atoms with Crippen molar-refractivity contribution in [2.75, 3.05) is 0 Å². The minimum Gasteiger partial charge on any atom is -0.297 e. The number of carbonyl (C=O) groups excluding carboxylic acids is 1. The van der Waals surface area contributed by atoms with Crippen LogP contribution in [0.3, 0.4) is 0 Å². The lowest BCUT2D eigenvalue weighted by molar-refractivity contribution is -0.129. The van der Waals surface area contributed by atoms with Crippen molar-refractivity contribution < 1.29 is 13.6 Å². The van der Waals surface area contributed by atoms with Gasteiger partial charge in [-0.25, -0.2) is 8.78 Å². The molecule has 0 N–H and O–H groups in total. The first-order valence-corrected chi connectivity index (χ1v) is 6.54. The molecule has 1 aromatic carbocycles. The first kappa shape index (κ1) is 13.5. The van der Waals surface area contributed by atoms with E-state index in [4.69, 9.17) is 11.6 Å². The third-order valence-corrected chi connectivity index (χ3v) is 3.85. The van der Waals surface area contributed by atoms with Gasteiger partial charge in [-0.3, -0.25) is 4.79 Å². The highest BCUT2D eigenvalue weighted by molar-refractivity contribution is 6.31. The van der Waals surface area contributed by atoms with Gasteiger partial charge in [0, 0.05) is 18.8 Å². The molecular formula is C14H15ClF2O. The number of hydrogen-bond acceptors (Lipinski definition) is 1. The van der Waals surface area contributed by atoms with E-state index >= 15 is 0 Å². The van der Waals surface area contributed by atoms with E-state index in [1.807, 2.05) is 6.07 Å². The fourth-order valence-electron chi connectivity index (χ4n) is 2.41. The van der Waals surface area contributed by atoms with Crippen LogP contribution in [0.15, 0.2) is 30.3 Å². The van der Waals surface area contributed by atoms with Crippen molar-refractivity contribution in [1.29, 1.82) is 0 Å². The third-order valence-electron chi connectivity index (χ3n) is 3.38. The van der Waals surface area contributed by atoms with Crippen LogP contribution >= 0.6 is 11.6 Å². The van der Waals surface area contributed by atoms with Gasteiger partial charge in [0.25, 0.3) is 0 Å². The van der Waals surface area contributed by atoms with Crippen molar-refractivity contribution in [2.45, 2.75) is 37.0 Å². The van der Waals surface area contributed by atoms with Crippen LogP contribution in [0.25, 0.3) is 0 Å². The maximum Gasteiger partial charge on any atom is 0.248 e. The number of Topliss-reactive ketones (excluding diaryl/α,β-unsaturated/α-hetero) is 1. The Bertz CT molecular complexity index is 419. The van der Waals surface area contributed by atoms with E-state index in [9.17, 15) is 13.6 Å². The van der Waals surface area contributed by atoms with Crippen LogP contribution < -0.4 is 0 Å². The van der Waals surface area contributed by atoms with Gasteiger partial charge in [0.05, 0.1) is 0 Å². The minimum absolute atomic E-state index is 0.116. The largest absolute Gasteiger partial charge is 0.297 e. The molecule has 1 fully saturated rings. The average Bonchev–Trinajstić information content (AvgIpc) is 2.37. The second-order valence-electron chi connectivity index (χ2n) is 4.82. The highest BCUT2D eigenvalue weighted by atomic mass is 35.5. The first-order chi connectivity index (χ1) is 8.49. The summed E-state index contributed by atoms with van der Waals surface area (Å²) in [6.07, 6.45) is 0.434. The van der Waals surface area contributed by atoms with E-state index in [0.717, 1.165) is 0 Å². The standard InChI is InChI=1S/C14H15ClF2O/c15-12(10-5-2-1-3-6-10)13(18)11-7-4-8-14(16,17)9-11/h1-3,5-6,11-12H,4,7-9H2. The fourth-order valence-corrected chi connectivity index (χ4v) is 2.73. The number of alkyl halides is 3. The molecule has 0 spiro atoms. The summed E-state index contributed by atoms with van der Waals surface area (Å²) in [6, 6.07) is 8.89. The number of halogens is 3. The molecule has 1 aromatic rings. The Kier molecular flexibility index (Phi) is 4.00. The van der Waals surface area contributed by atoms with E-state index in [1.165, 1.54) is 0 Å². The number of hydrogen-bond donors (Lipinski definition) is 0. The Morgan fingerprint density at radius 3 is 2.61 bits per heavy atom. The Morgan fingerprint density at radius 2 is 2.00 bits per heavy atom. The summed E-state index contributed by atoms with van der Waals surface area (Å²) in [5.41, 5.74) is 0.679. The maximum absolute atomic E-state index is 13.3. The Morgan fingerprint density at radius 1 is 1.33 bits per heavy atom. The SMILES string of the molecule is O=C(C1CCCC(F)(F)C1)C(Cl)c1ccccc1. The number of benzene rings is 1. The molecule has 2 unspecified atom stereocenters. The van der Waals surface area contributed by atoms with Crippen LogP contribution in [-0.2, 0) is 4.79 Å². The molecule has 0 radical (unpaired) electrons. The average molecular weight is 273 g/mol. The Balaban J connectivity index is 2.07. The fraction of sp³-hybridized carbons (Fsp3) is 0.500. The van der Waals surface area contributed by atoms with Crippen LogP contribution in [0.5, 0.6) is 0 Å². The molecule has 2 rings (SSSR count). The lowest BCUT2D eigenvalue weighted by atomic mass is 9.82. The van der Waals surface area contributed by atoms with Crippen molar-refractivity contribution in [3.63, 3.8) is 0 Å². The highest BCUT2D eigenvalue weighted by Crippen LogP contribution is 2.39. The van der Waals surface area contributed by atoms with E-state index < -0.39 is 17.2 Å². The zero-order valence-corrected chi connectivity index (χ0v) is 10.7. The van der Waals surface area contributed by atoms with Gasteiger partial charge < -0.3 is 0 Å². The van der Waals surface area contributed by atoms with Crippen molar-refractivity contribution in [3.8, 4) is 0 Å². The second kappa shape index (κ2) is 5.35. The van der Waals surface area contributed by atoms with Gasteiger partial charge in [0.15, 0.2) is 5.78 Å². The molecular weight excluding hydrogens is 258 g/mol. The van der Waals surface area contributed by atoms with Gasteiger partial charge in [-0.05, 0) is 18.4 Å². The van der Waals surface area contributed by atoms with Gasteiger partial charge in [-0.15, -0.1) is 11.6 Å². The molecule has 0 aromatic heterocycles. The summed E-state index contributed by atoms with van der Waals surface area (Å²) in [4.78, 5) is 12.1. The number of ketones is 1. The molecule has 0 heterocycles. The van der Waals surface area contributed by atoms with Gasteiger partial charge >= 0.3 is 0 Å². The van der Waals surface area contributed by atoms with Crippen LogP contribution in [0.4, 0.5) is 8.78 Å². The predicted molar refractivity (Wildman–Crippen MR) is 66.9 cm³/mol. The molecule has 2 atom stereocenters. The molecule has 1 saturated carbocycles. The normalized spacial score (nSPS) is 24.5. The first-order valence-electron chi connectivity index (χ1n) is 6.10. The molecule has 4 heteroatoms. The van der Waals surface area contributed by atoms with Gasteiger partial charge in [0.2, 0.25) is 5.92 Å². The zero-order valence-electron chi connectivity index (χ0n) is 9.91. The summed E-state index contributed by atoms with van der Waals surface area (Å²) in [6.45, 7) is 0. The monoisotopic (exact) mass is 272 g/mol.